The van der Waals surface area contributed by atoms with E-state index in [-0.39, 0.29) is 0 Å². The Labute approximate surface area is 384 Å². The van der Waals surface area contributed by atoms with Crippen molar-refractivity contribution in [1.29, 1.82) is 0 Å². The lowest BCUT2D eigenvalue weighted by molar-refractivity contribution is 1.08. The Kier molecular flexibility index (Phi) is 9.37. The van der Waals surface area contributed by atoms with Gasteiger partial charge in [0.05, 0.1) is 38.9 Å². The Balaban J connectivity index is 1.12. The zero-order chi connectivity index (χ0) is 44.3. The van der Waals surface area contributed by atoms with Gasteiger partial charge in [-0.1, -0.05) is 139 Å². The molecule has 66 heavy (non-hydrogen) atoms. The van der Waals surface area contributed by atoms with E-state index in [2.05, 4.69) is 252 Å². The molecule has 5 heteroatoms. The first-order chi connectivity index (χ1) is 32.5. The fourth-order valence-corrected chi connectivity index (χ4v) is 10.2. The maximum absolute atomic E-state index is 4.85. The van der Waals surface area contributed by atoms with E-state index in [1.54, 1.807) is 0 Å². The number of aryl methyl sites for hydroxylation is 3. The standard InChI is InChI=1S/C61H45N5/c1-41-36-42(2)59(43(3)37-41)65(49-32-33-54-53-26-12-13-29-55(53)66(57(54)39-49)58-30-14-15-35-62-58)48-24-16-23-47(38-48)63-40-64(61-52-25-11-10-22-46(52)31-34-56(61)63)60-50(44-18-6-4-7-19-44)27-17-28-51(60)45-20-8-5-9-21-45/h4-39H,1-3H3/q+2. The van der Waals surface area contributed by atoms with Crippen molar-refractivity contribution in [3.05, 3.63) is 235 Å². The summed E-state index contributed by atoms with van der Waals surface area (Å²) < 4.78 is 6.85. The summed E-state index contributed by atoms with van der Waals surface area (Å²) in [5.74, 6) is 0.886. The number of hydrogen-bond donors (Lipinski definition) is 0. The molecule has 1 aliphatic rings. The van der Waals surface area contributed by atoms with Crippen molar-refractivity contribution >= 4 is 78.4 Å². The fourth-order valence-electron chi connectivity index (χ4n) is 10.2. The van der Waals surface area contributed by atoms with E-state index in [4.69, 9.17) is 4.98 Å². The minimum absolute atomic E-state index is 0.886. The predicted octanol–water partition coefficient (Wildman–Crippen LogP) is 15.9. The number of fused-ring (bicyclic) bond motifs is 6. The van der Waals surface area contributed by atoms with Gasteiger partial charge in [-0.3, -0.25) is 4.57 Å². The third kappa shape index (κ3) is 6.44. The quantitative estimate of drug-likeness (QED) is 0.142. The van der Waals surface area contributed by atoms with Crippen molar-refractivity contribution in [1.82, 2.24) is 18.7 Å². The predicted molar refractivity (Wildman–Crippen MR) is 277 cm³/mol. The molecule has 0 aliphatic carbocycles. The van der Waals surface area contributed by atoms with Gasteiger partial charge >= 0.3 is 11.7 Å². The molecule has 3 heterocycles. The Bertz CT molecular complexity index is 3690. The van der Waals surface area contributed by atoms with Crippen molar-refractivity contribution in [2.45, 2.75) is 20.8 Å². The molecule has 312 valence electrons. The topological polar surface area (TPSA) is 27.1 Å². The molecule has 0 spiro atoms. The molecule has 0 radical (unpaired) electrons. The lowest BCUT2D eigenvalue weighted by atomic mass is 9.95. The van der Waals surface area contributed by atoms with Crippen LogP contribution in [0.1, 0.15) is 16.7 Å². The van der Waals surface area contributed by atoms with Crippen LogP contribution < -0.4 is 14.1 Å². The maximum Gasteiger partial charge on any atom is 0.503 e. The van der Waals surface area contributed by atoms with E-state index in [0.29, 0.717) is 0 Å². The molecule has 0 N–H and O–H groups in total. The number of hydrogen-bond acceptors (Lipinski definition) is 2. The first-order valence-corrected chi connectivity index (χ1v) is 22.5. The molecule has 9 aromatic carbocycles. The van der Waals surface area contributed by atoms with Crippen LogP contribution >= 0.6 is 0 Å². The summed E-state index contributed by atoms with van der Waals surface area (Å²) in [6.45, 7) is 6.63. The van der Waals surface area contributed by atoms with Crippen LogP contribution in [-0.2, 0) is 0 Å². The summed E-state index contributed by atoms with van der Waals surface area (Å²) in [6.07, 6.45) is 1.87. The second kappa shape index (κ2) is 15.9. The largest absolute Gasteiger partial charge is 0.503 e. The molecular weight excluding hydrogens is 803 g/mol. The number of anilines is 3. The Hall–Kier alpha value is -8.63. The van der Waals surface area contributed by atoms with Crippen LogP contribution in [0.2, 0.25) is 0 Å². The van der Waals surface area contributed by atoms with Gasteiger partial charge in [-0.25, -0.2) is 4.98 Å². The van der Waals surface area contributed by atoms with Crippen molar-refractivity contribution in [3.63, 3.8) is 0 Å². The van der Waals surface area contributed by atoms with E-state index in [9.17, 15) is 0 Å². The van der Waals surface area contributed by atoms with Gasteiger partial charge < -0.3 is 4.90 Å². The van der Waals surface area contributed by atoms with Crippen molar-refractivity contribution in [2.24, 2.45) is 0 Å². The SMILES string of the molecule is Cc1cc(C)c(N(c2cccc([N+]3=C=[N+](c4c(-c5ccccc5)cccc4-c4ccccc4)c4c3ccc3ccccc43)c2)c2ccc3c4ccccc4n(-c4ccccn4)c3c2)c(C)c1. The second-order valence-corrected chi connectivity index (χ2v) is 17.2. The Morgan fingerprint density at radius 2 is 1.11 bits per heavy atom. The van der Waals surface area contributed by atoms with E-state index < -0.39 is 0 Å². The van der Waals surface area contributed by atoms with Gasteiger partial charge in [-0.2, -0.15) is 0 Å². The second-order valence-electron chi connectivity index (χ2n) is 17.2. The highest BCUT2D eigenvalue weighted by Crippen LogP contribution is 2.48. The molecule has 0 amide bonds. The first kappa shape index (κ1) is 39.0. The maximum atomic E-state index is 4.85. The minimum atomic E-state index is 0.886. The van der Waals surface area contributed by atoms with Crippen molar-refractivity contribution in [3.8, 4) is 28.1 Å². The highest BCUT2D eigenvalue weighted by molar-refractivity contribution is 6.11. The number of benzene rings is 9. The van der Waals surface area contributed by atoms with E-state index >= 15 is 0 Å². The Morgan fingerprint density at radius 3 is 1.83 bits per heavy atom. The lowest BCUT2D eigenvalue weighted by Crippen LogP contribution is -2.14. The normalized spacial score (nSPS) is 12.1. The third-order valence-corrected chi connectivity index (χ3v) is 13.0. The third-order valence-electron chi connectivity index (χ3n) is 13.0. The number of nitrogens with zero attached hydrogens (tertiary/aromatic N) is 5. The summed E-state index contributed by atoms with van der Waals surface area (Å²) in [6, 6.07) is 80.4. The van der Waals surface area contributed by atoms with Crippen LogP contribution in [0, 0.1) is 20.8 Å². The number of rotatable bonds is 8. The molecule has 12 rings (SSSR count). The molecule has 0 bridgehead atoms. The number of pyridine rings is 1. The van der Waals surface area contributed by atoms with Gasteiger partial charge in [0.2, 0.25) is 11.4 Å². The summed E-state index contributed by atoms with van der Waals surface area (Å²) in [5.41, 5.74) is 17.9. The smallest absolute Gasteiger partial charge is 0.310 e. The lowest BCUT2D eigenvalue weighted by Gasteiger charge is -2.29. The molecular formula is C61H45N5+2. The monoisotopic (exact) mass is 847 g/mol. The average molecular weight is 848 g/mol. The van der Waals surface area contributed by atoms with Crippen molar-refractivity contribution < 1.29 is 0 Å². The summed E-state index contributed by atoms with van der Waals surface area (Å²) >= 11 is 0. The van der Waals surface area contributed by atoms with Crippen LogP contribution in [0.5, 0.6) is 0 Å². The number of para-hydroxylation sites is 2. The van der Waals surface area contributed by atoms with E-state index in [1.165, 1.54) is 32.8 Å². The molecule has 1 aliphatic heterocycles. The fraction of sp³-hybridized carbons (Fsp3) is 0.0492. The highest BCUT2D eigenvalue weighted by Gasteiger charge is 2.41. The van der Waals surface area contributed by atoms with Gasteiger partial charge in [0.1, 0.15) is 5.82 Å². The molecule has 2 aromatic heterocycles. The summed E-state index contributed by atoms with van der Waals surface area (Å²) in [4.78, 5) is 7.28. The van der Waals surface area contributed by atoms with Gasteiger partial charge in [0, 0.05) is 40.9 Å². The minimum Gasteiger partial charge on any atom is -0.310 e. The molecule has 0 saturated heterocycles. The van der Waals surface area contributed by atoms with Crippen LogP contribution in [0.3, 0.4) is 0 Å². The summed E-state index contributed by atoms with van der Waals surface area (Å²) in [7, 11) is 0. The van der Waals surface area contributed by atoms with E-state index in [0.717, 1.165) is 84.3 Å². The van der Waals surface area contributed by atoms with Gasteiger partial charge in [-0.05, 0) is 118 Å². The zero-order valence-corrected chi connectivity index (χ0v) is 37.0. The van der Waals surface area contributed by atoms with E-state index in [1.807, 2.05) is 12.3 Å². The van der Waals surface area contributed by atoms with Crippen LogP contribution in [0.15, 0.2) is 219 Å². The van der Waals surface area contributed by atoms with Gasteiger partial charge in [0.25, 0.3) is 5.69 Å². The first-order valence-electron chi connectivity index (χ1n) is 22.5. The molecule has 0 unspecified atom stereocenters. The van der Waals surface area contributed by atoms with Crippen LogP contribution in [0.25, 0.3) is 60.6 Å². The zero-order valence-electron chi connectivity index (χ0n) is 37.0. The van der Waals surface area contributed by atoms with Gasteiger partial charge in [0.15, 0.2) is 0 Å². The van der Waals surface area contributed by atoms with Crippen LogP contribution in [0.4, 0.5) is 39.8 Å². The molecule has 0 atom stereocenters. The molecule has 0 fully saturated rings. The van der Waals surface area contributed by atoms with Crippen molar-refractivity contribution in [2.75, 3.05) is 4.90 Å². The molecule has 0 saturated carbocycles. The van der Waals surface area contributed by atoms with Gasteiger partial charge in [-0.15, -0.1) is 0 Å². The molecule has 11 aromatic rings. The highest BCUT2D eigenvalue weighted by atomic mass is 15.2. The summed E-state index contributed by atoms with van der Waals surface area (Å²) in [5, 5.41) is 4.71. The van der Waals surface area contributed by atoms with Crippen LogP contribution in [-0.4, -0.2) is 15.6 Å². The Morgan fingerprint density at radius 1 is 0.470 bits per heavy atom. The number of aromatic nitrogens is 2. The molecule has 5 nitrogen and oxygen atoms in total. The average Bonchev–Trinajstić information content (AvgIpc) is 3.92.